The van der Waals surface area contributed by atoms with Crippen molar-refractivity contribution in [2.45, 2.75) is 32.9 Å². The summed E-state index contributed by atoms with van der Waals surface area (Å²) in [6.45, 7) is 6.01. The van der Waals surface area contributed by atoms with Crippen molar-refractivity contribution in [2.24, 2.45) is 0 Å². The summed E-state index contributed by atoms with van der Waals surface area (Å²) in [6.07, 6.45) is 5.37. The zero-order valence-corrected chi connectivity index (χ0v) is 24.2. The Morgan fingerprint density at radius 3 is 2.51 bits per heavy atom. The molecule has 0 spiro atoms. The number of hydrogen-bond donors (Lipinski definition) is 3. The Kier molecular flexibility index (Phi) is 7.95. The van der Waals surface area contributed by atoms with E-state index in [1.165, 1.54) is 23.4 Å². The Morgan fingerprint density at radius 2 is 1.78 bits per heavy atom. The zero-order chi connectivity index (χ0) is 29.1. The fourth-order valence-corrected chi connectivity index (χ4v) is 5.05. The van der Waals surface area contributed by atoms with Gasteiger partial charge in [0.25, 0.3) is 0 Å². The number of urea groups is 1. The minimum atomic E-state index is -3.46. The average Bonchev–Trinajstić information content (AvgIpc) is 3.32. The Labute approximate surface area is 239 Å². The molecule has 3 heterocycles. The highest BCUT2D eigenvalue weighted by molar-refractivity contribution is 7.92. The molecule has 0 saturated carbocycles. The number of hydrogen-bond acceptors (Lipinski definition) is 7. The molecular formula is C29H33N7O4S. The van der Waals surface area contributed by atoms with Crippen LogP contribution in [0.25, 0.3) is 11.3 Å². The van der Waals surface area contributed by atoms with E-state index in [1.54, 1.807) is 30.3 Å². The van der Waals surface area contributed by atoms with Gasteiger partial charge >= 0.3 is 6.03 Å². The SMILES string of the molecule is CC(C)n1cc(NC(=O)Nc2ccc(Oc3ccnc(NS(C)(=O)=O)c3)cc2)c(-c2ccc3c(c2)CN(C)CC3)n1. The number of benzene rings is 2. The molecule has 2 aromatic carbocycles. The number of ether oxygens (including phenoxy) is 1. The van der Waals surface area contributed by atoms with E-state index in [0.717, 1.165) is 37.0 Å². The maximum Gasteiger partial charge on any atom is 0.323 e. The van der Waals surface area contributed by atoms with Crippen LogP contribution in [0, 0.1) is 0 Å². The van der Waals surface area contributed by atoms with E-state index in [1.807, 2.05) is 24.7 Å². The molecule has 214 valence electrons. The van der Waals surface area contributed by atoms with Crippen LogP contribution < -0.4 is 20.1 Å². The van der Waals surface area contributed by atoms with Crippen LogP contribution in [0.1, 0.15) is 31.0 Å². The summed E-state index contributed by atoms with van der Waals surface area (Å²) in [5.41, 5.74) is 5.50. The summed E-state index contributed by atoms with van der Waals surface area (Å²) in [4.78, 5) is 19.3. The van der Waals surface area contributed by atoms with E-state index in [9.17, 15) is 13.2 Å². The highest BCUT2D eigenvalue weighted by atomic mass is 32.2. The second kappa shape index (κ2) is 11.6. The number of sulfonamides is 1. The first-order valence-electron chi connectivity index (χ1n) is 13.2. The van der Waals surface area contributed by atoms with Gasteiger partial charge in [-0.3, -0.25) is 9.40 Å². The van der Waals surface area contributed by atoms with Crippen LogP contribution in [0.15, 0.2) is 67.0 Å². The van der Waals surface area contributed by atoms with Gasteiger partial charge in [-0.05, 0) is 74.8 Å². The van der Waals surface area contributed by atoms with Gasteiger partial charge in [-0.25, -0.2) is 18.2 Å². The Hall–Kier alpha value is -4.42. The smallest absolute Gasteiger partial charge is 0.323 e. The van der Waals surface area contributed by atoms with Gasteiger partial charge in [0.05, 0.1) is 11.9 Å². The summed E-state index contributed by atoms with van der Waals surface area (Å²) in [6, 6.07) is 16.1. The fraction of sp³-hybridized carbons (Fsp3) is 0.276. The van der Waals surface area contributed by atoms with Crippen LogP contribution in [-0.4, -0.2) is 54.0 Å². The number of carbonyl (C=O) groups excluding carboxylic acids is 1. The molecule has 0 saturated heterocycles. The molecule has 0 aliphatic carbocycles. The first-order valence-corrected chi connectivity index (χ1v) is 15.1. The van der Waals surface area contributed by atoms with E-state index in [4.69, 9.17) is 9.84 Å². The van der Waals surface area contributed by atoms with Crippen molar-refractivity contribution in [3.63, 3.8) is 0 Å². The van der Waals surface area contributed by atoms with Crippen LogP contribution >= 0.6 is 0 Å². The van der Waals surface area contributed by atoms with Crippen molar-refractivity contribution in [3.05, 3.63) is 78.1 Å². The third-order valence-electron chi connectivity index (χ3n) is 6.56. The van der Waals surface area contributed by atoms with Gasteiger partial charge in [-0.2, -0.15) is 5.10 Å². The predicted octanol–water partition coefficient (Wildman–Crippen LogP) is 5.32. The summed E-state index contributed by atoms with van der Waals surface area (Å²) < 4.78 is 32.9. The number of carbonyl (C=O) groups is 1. The maximum atomic E-state index is 13.0. The van der Waals surface area contributed by atoms with Gasteiger partial charge in [0.2, 0.25) is 10.0 Å². The molecule has 3 N–H and O–H groups in total. The van der Waals surface area contributed by atoms with Crippen molar-refractivity contribution in [2.75, 3.05) is 35.2 Å². The maximum absolute atomic E-state index is 13.0. The quantitative estimate of drug-likeness (QED) is 0.259. The molecule has 4 aromatic rings. The second-order valence-electron chi connectivity index (χ2n) is 10.4. The first kappa shape index (κ1) is 28.1. The van der Waals surface area contributed by atoms with Crippen LogP contribution in [0.2, 0.25) is 0 Å². The molecule has 5 rings (SSSR count). The van der Waals surface area contributed by atoms with Gasteiger partial charge in [0.15, 0.2) is 0 Å². The molecule has 1 aliphatic rings. The van der Waals surface area contributed by atoms with Crippen molar-refractivity contribution >= 4 is 33.2 Å². The summed E-state index contributed by atoms with van der Waals surface area (Å²) in [5, 5.41) is 10.6. The summed E-state index contributed by atoms with van der Waals surface area (Å²) in [7, 11) is -1.34. The lowest BCUT2D eigenvalue weighted by atomic mass is 9.96. The monoisotopic (exact) mass is 575 g/mol. The normalized spacial score (nSPS) is 13.5. The van der Waals surface area contributed by atoms with Crippen molar-refractivity contribution in [1.82, 2.24) is 19.7 Å². The minimum absolute atomic E-state index is 0.127. The number of aromatic nitrogens is 3. The van der Waals surface area contributed by atoms with Gasteiger partial charge in [-0.1, -0.05) is 12.1 Å². The third kappa shape index (κ3) is 7.21. The van der Waals surface area contributed by atoms with Gasteiger partial charge in [-0.15, -0.1) is 0 Å². The lowest BCUT2D eigenvalue weighted by molar-refractivity contribution is 0.262. The summed E-state index contributed by atoms with van der Waals surface area (Å²) in [5.74, 6) is 1.07. The number of nitrogens with zero attached hydrogens (tertiary/aromatic N) is 4. The van der Waals surface area contributed by atoms with Crippen LogP contribution in [0.5, 0.6) is 11.5 Å². The number of anilines is 3. The van der Waals surface area contributed by atoms with Crippen LogP contribution in [0.4, 0.5) is 22.0 Å². The number of pyridine rings is 1. The molecule has 0 radical (unpaired) electrons. The molecule has 0 fully saturated rings. The van der Waals surface area contributed by atoms with Gasteiger partial charge < -0.3 is 20.3 Å². The molecule has 0 bridgehead atoms. The molecule has 2 aromatic heterocycles. The first-order chi connectivity index (χ1) is 19.5. The Balaban J connectivity index is 1.27. The highest BCUT2D eigenvalue weighted by Gasteiger charge is 2.19. The number of fused-ring (bicyclic) bond motifs is 1. The van der Waals surface area contributed by atoms with Crippen LogP contribution in [0.3, 0.4) is 0 Å². The zero-order valence-electron chi connectivity index (χ0n) is 23.4. The topological polar surface area (TPSA) is 130 Å². The molecule has 0 atom stereocenters. The van der Waals surface area contributed by atoms with Crippen molar-refractivity contribution < 1.29 is 17.9 Å². The highest BCUT2D eigenvalue weighted by Crippen LogP contribution is 2.31. The second-order valence-corrected chi connectivity index (χ2v) is 12.1. The van der Waals surface area contributed by atoms with Crippen molar-refractivity contribution in [3.8, 4) is 22.8 Å². The molecule has 12 heteroatoms. The molecular weight excluding hydrogens is 542 g/mol. The molecule has 11 nitrogen and oxygen atoms in total. The number of likely N-dealkylation sites (N-methyl/N-ethyl adjacent to an activating group) is 1. The van der Waals surface area contributed by atoms with Gasteiger partial charge in [0, 0.05) is 48.8 Å². The van der Waals surface area contributed by atoms with E-state index in [-0.39, 0.29) is 11.9 Å². The molecule has 1 aliphatic heterocycles. The van der Waals surface area contributed by atoms with Crippen LogP contribution in [-0.2, 0) is 23.0 Å². The molecule has 2 amide bonds. The van der Waals surface area contributed by atoms with Crippen molar-refractivity contribution in [1.29, 1.82) is 0 Å². The standard InChI is InChI=1S/C29H33N7O4S/c1-19(2)36-18-26(28(33-36)21-6-5-20-12-14-35(3)17-22(20)15-21)32-29(37)31-23-7-9-24(10-8-23)40-25-11-13-30-27(16-25)34-41(4,38)39/h5-11,13,15-16,18-19H,12,14,17H2,1-4H3,(H,30,34)(H2,31,32,37). The van der Waals surface area contributed by atoms with E-state index in [2.05, 4.69) is 50.5 Å². The third-order valence-corrected chi connectivity index (χ3v) is 7.14. The van der Waals surface area contributed by atoms with Gasteiger partial charge in [0.1, 0.15) is 23.0 Å². The van der Waals surface area contributed by atoms with E-state index >= 15 is 0 Å². The van der Waals surface area contributed by atoms with E-state index < -0.39 is 16.1 Å². The number of rotatable bonds is 8. The molecule has 41 heavy (non-hydrogen) atoms. The lowest BCUT2D eigenvalue weighted by Gasteiger charge is -2.25. The Bertz CT molecular complexity index is 1670. The van der Waals surface area contributed by atoms with E-state index in [0.29, 0.717) is 22.9 Å². The number of amides is 2. The lowest BCUT2D eigenvalue weighted by Crippen LogP contribution is -2.26. The summed E-state index contributed by atoms with van der Waals surface area (Å²) >= 11 is 0. The largest absolute Gasteiger partial charge is 0.457 e. The fourth-order valence-electron chi connectivity index (χ4n) is 4.55. The number of nitrogens with one attached hydrogen (secondary N) is 3. The minimum Gasteiger partial charge on any atom is -0.457 e. The predicted molar refractivity (Wildman–Crippen MR) is 160 cm³/mol. The average molecular weight is 576 g/mol. The molecule has 0 unspecified atom stereocenters. The Morgan fingerprint density at radius 1 is 1.00 bits per heavy atom.